The number of anilines is 1. The lowest BCUT2D eigenvalue weighted by Gasteiger charge is -2.16. The van der Waals surface area contributed by atoms with Crippen molar-refractivity contribution in [3.63, 3.8) is 0 Å². The van der Waals surface area contributed by atoms with Crippen LogP contribution in [0.4, 0.5) is 10.5 Å². The number of rotatable bonds is 5. The fourth-order valence-electron chi connectivity index (χ4n) is 2.81. The van der Waals surface area contributed by atoms with Crippen LogP contribution < -0.4 is 10.8 Å². The third-order valence-electron chi connectivity index (χ3n) is 4.10. The number of carboxylic acid groups (broad SMARTS) is 1. The van der Waals surface area contributed by atoms with Crippen molar-refractivity contribution in [1.82, 2.24) is 19.7 Å². The topological polar surface area (TPSA) is 126 Å². The maximum atomic E-state index is 11.5. The first-order valence-electron chi connectivity index (χ1n) is 7.65. The summed E-state index contributed by atoms with van der Waals surface area (Å²) in [6.45, 7) is 3.83. The number of fused-ring (bicyclic) bond motifs is 1. The van der Waals surface area contributed by atoms with Crippen LogP contribution in [0.1, 0.15) is 23.7 Å². The van der Waals surface area contributed by atoms with Crippen LogP contribution in [0.15, 0.2) is 12.4 Å². The number of likely N-dealkylation sites (tertiary alicyclic amines) is 1. The molecule has 10 heteroatoms. The molecule has 24 heavy (non-hydrogen) atoms. The molecule has 3 heterocycles. The number of carbonyl (C=O) groups excluding carboxylic acids is 1. The number of carbonyl (C=O) groups is 2. The molecular formula is C14H19N6O3P. The molecule has 0 radical (unpaired) electrons. The number of urea groups is 1. The van der Waals surface area contributed by atoms with E-state index in [2.05, 4.69) is 15.2 Å². The molecule has 0 bridgehead atoms. The summed E-state index contributed by atoms with van der Waals surface area (Å²) in [4.78, 5) is 28.5. The van der Waals surface area contributed by atoms with Gasteiger partial charge in [-0.3, -0.25) is 0 Å². The van der Waals surface area contributed by atoms with Gasteiger partial charge in [0.05, 0.1) is 17.3 Å². The third-order valence-corrected chi connectivity index (χ3v) is 5.37. The zero-order valence-electron chi connectivity index (χ0n) is 13.2. The van der Waals surface area contributed by atoms with Gasteiger partial charge in [0.1, 0.15) is 5.56 Å². The zero-order chi connectivity index (χ0) is 17.3. The highest BCUT2D eigenvalue weighted by atomic mass is 31.1. The molecule has 3 rings (SSSR count). The molecule has 0 spiro atoms. The van der Waals surface area contributed by atoms with Crippen LogP contribution in [0.2, 0.25) is 0 Å². The molecule has 1 unspecified atom stereocenters. The molecule has 128 valence electrons. The Labute approximate surface area is 140 Å². The van der Waals surface area contributed by atoms with Gasteiger partial charge in [-0.15, -0.1) is 0 Å². The second kappa shape index (κ2) is 6.60. The summed E-state index contributed by atoms with van der Waals surface area (Å²) in [6, 6.07) is -0.413. The molecule has 4 N–H and O–H groups in total. The Morgan fingerprint density at radius 1 is 1.50 bits per heavy atom. The van der Waals surface area contributed by atoms with E-state index in [1.54, 1.807) is 15.8 Å². The van der Waals surface area contributed by atoms with Crippen molar-refractivity contribution in [1.29, 1.82) is 0 Å². The van der Waals surface area contributed by atoms with E-state index in [1.165, 1.54) is 6.20 Å². The van der Waals surface area contributed by atoms with Crippen molar-refractivity contribution in [2.45, 2.75) is 25.5 Å². The van der Waals surface area contributed by atoms with Crippen LogP contribution in [-0.2, 0) is 6.54 Å². The number of aromatic carboxylic acids is 1. The fraction of sp³-hybridized carbons (Fsp3) is 0.429. The summed E-state index contributed by atoms with van der Waals surface area (Å²) >= 11 is 0. The van der Waals surface area contributed by atoms with Crippen molar-refractivity contribution in [3.8, 4) is 0 Å². The minimum absolute atomic E-state index is 0.121. The first-order chi connectivity index (χ1) is 11.5. The van der Waals surface area contributed by atoms with Crippen molar-refractivity contribution in [2.75, 3.05) is 18.2 Å². The van der Waals surface area contributed by atoms with Gasteiger partial charge in [-0.1, -0.05) is 0 Å². The molecule has 9 nitrogen and oxygen atoms in total. The highest BCUT2D eigenvalue weighted by Gasteiger charge is 2.26. The molecule has 1 saturated heterocycles. The van der Waals surface area contributed by atoms with Crippen molar-refractivity contribution in [2.24, 2.45) is 5.73 Å². The Kier molecular flexibility index (Phi) is 4.53. The van der Waals surface area contributed by atoms with E-state index in [0.29, 0.717) is 36.4 Å². The minimum Gasteiger partial charge on any atom is -0.478 e. The number of carboxylic acids is 1. The molecule has 0 saturated carbocycles. The van der Waals surface area contributed by atoms with E-state index >= 15 is 0 Å². The van der Waals surface area contributed by atoms with Crippen LogP contribution in [0.3, 0.4) is 0 Å². The summed E-state index contributed by atoms with van der Waals surface area (Å²) < 4.78 is 1.72. The lowest BCUT2D eigenvalue weighted by Crippen LogP contribution is -2.33. The van der Waals surface area contributed by atoms with Gasteiger partial charge in [0.2, 0.25) is 0 Å². The van der Waals surface area contributed by atoms with Gasteiger partial charge in [-0.2, -0.15) is 5.10 Å². The first kappa shape index (κ1) is 16.4. The Morgan fingerprint density at radius 2 is 2.29 bits per heavy atom. The summed E-state index contributed by atoms with van der Waals surface area (Å²) in [7, 11) is 0.277. The number of nitrogens with zero attached hydrogens (tertiary/aromatic N) is 4. The van der Waals surface area contributed by atoms with E-state index in [0.717, 1.165) is 6.42 Å². The van der Waals surface area contributed by atoms with Crippen LogP contribution in [0.5, 0.6) is 0 Å². The van der Waals surface area contributed by atoms with Crippen LogP contribution in [0, 0.1) is 0 Å². The fourth-order valence-corrected chi connectivity index (χ4v) is 4.01. The predicted octanol–water partition coefficient (Wildman–Crippen LogP) is 1.31. The van der Waals surface area contributed by atoms with E-state index in [4.69, 9.17) is 5.73 Å². The normalized spacial score (nSPS) is 17.9. The number of hydrogen-bond acceptors (Lipinski definition) is 5. The summed E-state index contributed by atoms with van der Waals surface area (Å²) in [6.07, 6.45) is 3.84. The Balaban J connectivity index is 1.85. The lowest BCUT2D eigenvalue weighted by molar-refractivity contribution is 0.0697. The monoisotopic (exact) mass is 350 g/mol. The molecule has 2 aromatic heterocycles. The number of hydrogen-bond donors (Lipinski definition) is 3. The minimum atomic E-state index is -1.04. The standard InChI is InChI=1S/C14H19N6O3P/c1-2-20-12-9(6-17-20)11(10(5-16-12)13(21)22)18-24-8-3-4-19(7-8)14(15)23/h5-6,8,24H,2-4,7H2,1H3,(H2,15,23)(H,16,18)(H,21,22)/t8-/m1/s1. The van der Waals surface area contributed by atoms with Gasteiger partial charge in [0.15, 0.2) is 5.65 Å². The van der Waals surface area contributed by atoms with Crippen LogP contribution >= 0.6 is 8.73 Å². The van der Waals surface area contributed by atoms with Gasteiger partial charge in [0.25, 0.3) is 0 Å². The lowest BCUT2D eigenvalue weighted by atomic mass is 10.2. The summed E-state index contributed by atoms with van der Waals surface area (Å²) in [5.41, 5.74) is 6.85. The molecule has 1 aliphatic heterocycles. The molecule has 1 fully saturated rings. The highest BCUT2D eigenvalue weighted by Crippen LogP contribution is 2.34. The molecule has 0 aromatic carbocycles. The van der Waals surface area contributed by atoms with E-state index in [9.17, 15) is 14.7 Å². The number of aromatic nitrogens is 3. The molecule has 1 aliphatic rings. The summed E-state index contributed by atoms with van der Waals surface area (Å²) in [5.74, 6) is -1.04. The third kappa shape index (κ3) is 2.99. The Bertz CT molecular complexity index is 792. The van der Waals surface area contributed by atoms with Gasteiger partial charge in [-0.25, -0.2) is 19.3 Å². The van der Waals surface area contributed by atoms with E-state index in [1.807, 2.05) is 6.92 Å². The highest BCUT2D eigenvalue weighted by molar-refractivity contribution is 7.40. The Hall–Kier alpha value is -2.41. The molecular weight excluding hydrogens is 331 g/mol. The molecule has 2 atom stereocenters. The van der Waals surface area contributed by atoms with E-state index < -0.39 is 12.0 Å². The number of primary amides is 1. The molecule has 2 aromatic rings. The van der Waals surface area contributed by atoms with Crippen molar-refractivity contribution >= 4 is 37.5 Å². The number of amides is 2. The molecule has 0 aliphatic carbocycles. The average Bonchev–Trinajstić information content (AvgIpc) is 3.18. The second-order valence-electron chi connectivity index (χ2n) is 5.59. The van der Waals surface area contributed by atoms with Gasteiger partial charge >= 0.3 is 12.0 Å². The maximum absolute atomic E-state index is 11.5. The summed E-state index contributed by atoms with van der Waals surface area (Å²) in [5, 5.41) is 17.6. The van der Waals surface area contributed by atoms with Crippen LogP contribution in [0.25, 0.3) is 11.0 Å². The average molecular weight is 350 g/mol. The number of aryl methyl sites for hydroxylation is 1. The van der Waals surface area contributed by atoms with Gasteiger partial charge < -0.3 is 20.8 Å². The maximum Gasteiger partial charge on any atom is 0.339 e. The number of pyridine rings is 1. The largest absolute Gasteiger partial charge is 0.478 e. The predicted molar refractivity (Wildman–Crippen MR) is 91.7 cm³/mol. The van der Waals surface area contributed by atoms with Gasteiger partial charge in [0, 0.05) is 31.5 Å². The number of nitrogens with one attached hydrogen (secondary N) is 1. The van der Waals surface area contributed by atoms with E-state index in [-0.39, 0.29) is 20.0 Å². The van der Waals surface area contributed by atoms with Crippen LogP contribution in [-0.4, -0.2) is 55.5 Å². The number of nitrogens with two attached hydrogens (primary N) is 1. The van der Waals surface area contributed by atoms with Crippen molar-refractivity contribution in [3.05, 3.63) is 18.0 Å². The smallest absolute Gasteiger partial charge is 0.339 e. The molecule has 2 amide bonds. The first-order valence-corrected chi connectivity index (χ1v) is 8.72. The zero-order valence-corrected chi connectivity index (χ0v) is 14.2. The quantitative estimate of drug-likeness (QED) is 0.698. The Morgan fingerprint density at radius 3 is 2.92 bits per heavy atom. The van der Waals surface area contributed by atoms with Crippen molar-refractivity contribution < 1.29 is 14.7 Å². The second-order valence-corrected chi connectivity index (χ2v) is 6.94. The van der Waals surface area contributed by atoms with Gasteiger partial charge in [-0.05, 0) is 22.1 Å². The SMILES string of the molecule is CCn1ncc2c(NP[C@@H]3CCN(C(N)=O)C3)c(C(=O)O)cnc21.